The number of benzene rings is 2. The molecule has 3 rings (SSSR count). The van der Waals surface area contributed by atoms with E-state index in [1.807, 2.05) is 6.07 Å². The van der Waals surface area contributed by atoms with Crippen molar-refractivity contribution in [1.29, 1.82) is 0 Å². The van der Waals surface area contributed by atoms with Crippen molar-refractivity contribution in [3.8, 4) is 11.1 Å². The summed E-state index contributed by atoms with van der Waals surface area (Å²) < 4.78 is 0. The van der Waals surface area contributed by atoms with Crippen molar-refractivity contribution in [2.45, 2.75) is 31.7 Å². The minimum Gasteiger partial charge on any atom is -0.479 e. The Hall–Kier alpha value is -3.35. The van der Waals surface area contributed by atoms with E-state index in [1.165, 1.54) is 36.2 Å². The fourth-order valence-electron chi connectivity index (χ4n) is 3.96. The molecule has 1 aliphatic rings. The molecule has 1 amide bonds. The minimum atomic E-state index is -2.27. The second-order valence-corrected chi connectivity index (χ2v) is 9.35. The fourth-order valence-corrected chi connectivity index (χ4v) is 3.96. The van der Waals surface area contributed by atoms with Gasteiger partial charge in [-0.3, -0.25) is 9.69 Å². The summed E-state index contributed by atoms with van der Waals surface area (Å²) in [6.45, 7) is 6.28. The highest BCUT2D eigenvalue weighted by Gasteiger charge is 2.29. The van der Waals surface area contributed by atoms with Crippen molar-refractivity contribution >= 4 is 17.8 Å². The maximum atomic E-state index is 11.7. The molecule has 6 N–H and O–H groups in total. The van der Waals surface area contributed by atoms with E-state index >= 15 is 0 Å². The number of aliphatic carboxylic acids is 2. The van der Waals surface area contributed by atoms with Crippen molar-refractivity contribution in [3.63, 3.8) is 0 Å². The van der Waals surface area contributed by atoms with Crippen LogP contribution in [-0.4, -0.2) is 112 Å². The van der Waals surface area contributed by atoms with Gasteiger partial charge in [-0.15, -0.1) is 0 Å². The van der Waals surface area contributed by atoms with Crippen LogP contribution in [-0.2, 0) is 27.5 Å². The van der Waals surface area contributed by atoms with Gasteiger partial charge in [-0.25, -0.2) is 9.59 Å². The average molecular weight is 531 g/mol. The van der Waals surface area contributed by atoms with Crippen molar-refractivity contribution in [2.24, 2.45) is 5.73 Å². The van der Waals surface area contributed by atoms with E-state index in [2.05, 4.69) is 59.3 Å². The summed E-state index contributed by atoms with van der Waals surface area (Å²) in [5.74, 6) is -3.58. The van der Waals surface area contributed by atoms with Crippen LogP contribution in [0.5, 0.6) is 0 Å². The van der Waals surface area contributed by atoms with E-state index in [0.717, 1.165) is 25.2 Å². The molecule has 1 saturated heterocycles. The quantitative estimate of drug-likeness (QED) is 0.304. The zero-order chi connectivity index (χ0) is 28.2. The molecule has 0 bridgehead atoms. The third-order valence-electron chi connectivity index (χ3n) is 6.26. The van der Waals surface area contributed by atoms with Gasteiger partial charge in [-0.05, 0) is 54.9 Å². The van der Waals surface area contributed by atoms with Gasteiger partial charge >= 0.3 is 11.9 Å². The summed E-state index contributed by atoms with van der Waals surface area (Å²) >= 11 is 0. The maximum absolute atomic E-state index is 11.7. The van der Waals surface area contributed by atoms with Gasteiger partial charge in [-0.1, -0.05) is 42.5 Å². The highest BCUT2D eigenvalue weighted by Crippen LogP contribution is 2.22. The molecule has 2 unspecified atom stereocenters. The van der Waals surface area contributed by atoms with E-state index in [0.29, 0.717) is 6.54 Å². The summed E-state index contributed by atoms with van der Waals surface area (Å²) in [5, 5.41) is 32.5. The van der Waals surface area contributed by atoms with Crippen LogP contribution in [0.15, 0.2) is 48.5 Å². The lowest BCUT2D eigenvalue weighted by molar-refractivity contribution is -0.165. The highest BCUT2D eigenvalue weighted by atomic mass is 16.4. The number of carbonyl (C=O) groups excluding carboxylic acids is 1. The van der Waals surface area contributed by atoms with Gasteiger partial charge in [-0.2, -0.15) is 0 Å². The first-order valence-corrected chi connectivity index (χ1v) is 12.4. The van der Waals surface area contributed by atoms with E-state index in [9.17, 15) is 14.4 Å². The van der Waals surface area contributed by atoms with Gasteiger partial charge in [0, 0.05) is 33.2 Å². The van der Waals surface area contributed by atoms with Crippen molar-refractivity contribution in [1.82, 2.24) is 14.7 Å². The molecule has 208 valence electrons. The van der Waals surface area contributed by atoms with Crippen molar-refractivity contribution in [2.75, 3.05) is 46.8 Å². The van der Waals surface area contributed by atoms with Crippen LogP contribution in [0.25, 0.3) is 11.1 Å². The number of aliphatic hydroxyl groups is 2. The number of aliphatic hydroxyl groups excluding tert-OH is 2. The summed E-state index contributed by atoms with van der Waals surface area (Å²) in [6, 6.07) is 17.2. The van der Waals surface area contributed by atoms with Gasteiger partial charge in [0.2, 0.25) is 5.91 Å². The van der Waals surface area contributed by atoms with Gasteiger partial charge in [0.25, 0.3) is 0 Å². The Kier molecular flexibility index (Phi) is 12.3. The van der Waals surface area contributed by atoms with E-state index in [-0.39, 0.29) is 12.5 Å². The first-order chi connectivity index (χ1) is 18.0. The Bertz CT molecular complexity index is 1050. The number of rotatable bonds is 9. The van der Waals surface area contributed by atoms with Gasteiger partial charge < -0.3 is 36.0 Å². The lowest BCUT2D eigenvalue weighted by atomic mass is 10.0. The molecule has 2 aromatic carbocycles. The fraction of sp³-hybridized carbons (Fsp3) is 0.444. The van der Waals surface area contributed by atoms with Crippen LogP contribution >= 0.6 is 0 Å². The summed E-state index contributed by atoms with van der Waals surface area (Å²) in [7, 11) is 3.99. The predicted octanol–water partition coefficient (Wildman–Crippen LogP) is 0.286. The van der Waals surface area contributed by atoms with Crippen molar-refractivity contribution < 1.29 is 34.8 Å². The second kappa shape index (κ2) is 15.2. The maximum Gasteiger partial charge on any atom is 0.335 e. The summed E-state index contributed by atoms with van der Waals surface area (Å²) in [4.78, 5) is 37.9. The van der Waals surface area contributed by atoms with Crippen LogP contribution in [0.1, 0.15) is 17.5 Å². The standard InChI is InChI=1S/C23H32N4O.C4H6O6/c1-25-11-4-12-27(14-13-25)18-19-7-9-21(10-8-19)22-6-3-5-20(15-22)17-26(2)23(28)16-24;5-1(3(7)8)2(6)4(9)10/h3,5-10,15H,4,11-14,16-18,24H2,1-2H3;1-2,5-6H,(H,7,8)(H,9,10). The topological polar surface area (TPSA) is 168 Å². The highest BCUT2D eigenvalue weighted by molar-refractivity contribution is 5.83. The Labute approximate surface area is 222 Å². The third-order valence-corrected chi connectivity index (χ3v) is 6.26. The predicted molar refractivity (Wildman–Crippen MR) is 142 cm³/mol. The number of amides is 1. The Morgan fingerprint density at radius 3 is 2.11 bits per heavy atom. The molecular weight excluding hydrogens is 492 g/mol. The first-order valence-electron chi connectivity index (χ1n) is 12.4. The molecule has 0 saturated carbocycles. The number of hydrogen-bond donors (Lipinski definition) is 5. The Balaban J connectivity index is 0.000000432. The van der Waals surface area contributed by atoms with Crippen LogP contribution < -0.4 is 5.73 Å². The monoisotopic (exact) mass is 530 g/mol. The molecule has 11 nitrogen and oxygen atoms in total. The lowest BCUT2D eigenvalue weighted by Gasteiger charge is -2.20. The van der Waals surface area contributed by atoms with Crippen LogP contribution in [0.3, 0.4) is 0 Å². The van der Waals surface area contributed by atoms with Crippen LogP contribution in [0, 0.1) is 0 Å². The summed E-state index contributed by atoms with van der Waals surface area (Å²) in [6.07, 6.45) is -3.29. The SMILES string of the molecule is CN1CCCN(Cc2ccc(-c3cccc(CN(C)C(=O)CN)c3)cc2)CC1.O=C(O)C(O)C(O)C(=O)O. The third kappa shape index (κ3) is 9.84. The number of likely N-dealkylation sites (N-methyl/N-ethyl adjacent to an activating group) is 2. The second-order valence-electron chi connectivity index (χ2n) is 9.35. The zero-order valence-corrected chi connectivity index (χ0v) is 21.9. The largest absolute Gasteiger partial charge is 0.479 e. The van der Waals surface area contributed by atoms with E-state index in [4.69, 9.17) is 26.2 Å². The van der Waals surface area contributed by atoms with Crippen LogP contribution in [0.4, 0.5) is 0 Å². The van der Waals surface area contributed by atoms with Crippen LogP contribution in [0.2, 0.25) is 0 Å². The molecular formula is C27H38N4O7. The molecule has 0 aromatic heterocycles. The molecule has 1 fully saturated rings. The van der Waals surface area contributed by atoms with E-state index in [1.54, 1.807) is 11.9 Å². The molecule has 2 atom stereocenters. The number of nitrogens with two attached hydrogens (primary N) is 1. The van der Waals surface area contributed by atoms with E-state index < -0.39 is 24.1 Å². The molecule has 0 aliphatic carbocycles. The van der Waals surface area contributed by atoms with Gasteiger partial charge in [0.05, 0.1) is 6.54 Å². The lowest BCUT2D eigenvalue weighted by Crippen LogP contribution is -2.39. The van der Waals surface area contributed by atoms with Gasteiger partial charge in [0.15, 0.2) is 12.2 Å². The number of hydrogen-bond acceptors (Lipinski definition) is 8. The molecule has 38 heavy (non-hydrogen) atoms. The number of carbonyl (C=O) groups is 3. The molecule has 2 aromatic rings. The molecule has 0 radical (unpaired) electrons. The first kappa shape index (κ1) is 30.9. The zero-order valence-electron chi connectivity index (χ0n) is 21.9. The molecule has 1 heterocycles. The number of nitrogens with zero attached hydrogens (tertiary/aromatic N) is 3. The average Bonchev–Trinajstić information content (AvgIpc) is 3.11. The molecule has 11 heteroatoms. The van der Waals surface area contributed by atoms with Gasteiger partial charge in [0.1, 0.15) is 0 Å². The molecule has 1 aliphatic heterocycles. The van der Waals surface area contributed by atoms with Crippen molar-refractivity contribution in [3.05, 3.63) is 59.7 Å². The number of carboxylic acids is 2. The summed E-state index contributed by atoms with van der Waals surface area (Å²) in [5.41, 5.74) is 10.3. The normalized spacial score (nSPS) is 15.9. The smallest absolute Gasteiger partial charge is 0.335 e. The Morgan fingerprint density at radius 2 is 1.53 bits per heavy atom. The molecule has 0 spiro atoms. The number of carboxylic acid groups (broad SMARTS) is 2. The minimum absolute atomic E-state index is 0.0466. The Morgan fingerprint density at radius 1 is 0.895 bits per heavy atom.